The molecule has 0 aliphatic heterocycles. The van der Waals surface area contributed by atoms with Gasteiger partial charge in [-0.15, -0.1) is 0 Å². The van der Waals surface area contributed by atoms with Crippen molar-refractivity contribution in [3.8, 4) is 5.75 Å². The monoisotopic (exact) mass is 355 g/mol. The lowest BCUT2D eigenvalue weighted by Crippen LogP contribution is -2.34. The molecule has 10 heteroatoms. The minimum atomic E-state index is -3.42. The number of sulfonamides is 1. The summed E-state index contributed by atoms with van der Waals surface area (Å²) in [7, 11) is -0.951. The van der Waals surface area contributed by atoms with Crippen LogP contribution in [0.1, 0.15) is 10.4 Å². The second-order valence-electron chi connectivity index (χ2n) is 5.13. The number of aromatic nitrogens is 2. The van der Waals surface area contributed by atoms with Crippen molar-refractivity contribution in [1.82, 2.24) is 13.9 Å². The molecule has 1 N–H and O–H groups in total. The topological polar surface area (TPSA) is 119 Å². The Morgan fingerprint density at radius 2 is 2.12 bits per heavy atom. The van der Waals surface area contributed by atoms with Gasteiger partial charge in [-0.2, -0.15) is 0 Å². The molecule has 0 fully saturated rings. The number of esters is 1. The van der Waals surface area contributed by atoms with Crippen LogP contribution in [0.2, 0.25) is 0 Å². The Bertz CT molecular complexity index is 951. The largest absolute Gasteiger partial charge is 0.505 e. The molecule has 0 bridgehead atoms. The third kappa shape index (κ3) is 3.24. The number of rotatable bonds is 5. The first kappa shape index (κ1) is 17.9. The lowest BCUT2D eigenvalue weighted by molar-refractivity contribution is 0.0595. The van der Waals surface area contributed by atoms with Crippen molar-refractivity contribution >= 4 is 27.0 Å². The van der Waals surface area contributed by atoms with Gasteiger partial charge in [0.05, 0.1) is 18.9 Å². The van der Waals surface area contributed by atoms with E-state index in [1.165, 1.54) is 17.8 Å². The molecule has 0 atom stereocenters. The fourth-order valence-corrected chi connectivity index (χ4v) is 2.59. The second kappa shape index (κ2) is 6.57. The van der Waals surface area contributed by atoms with Crippen molar-refractivity contribution in [2.75, 3.05) is 27.0 Å². The van der Waals surface area contributed by atoms with Crippen molar-refractivity contribution in [2.45, 2.75) is 6.54 Å². The zero-order valence-corrected chi connectivity index (χ0v) is 14.2. The highest BCUT2D eigenvalue weighted by Crippen LogP contribution is 2.24. The molecule has 130 valence electrons. The van der Waals surface area contributed by atoms with Crippen molar-refractivity contribution in [3.05, 3.63) is 34.2 Å². The number of hydrogen-bond donors (Lipinski definition) is 1. The average Bonchev–Trinajstić information content (AvgIpc) is 2.53. The van der Waals surface area contributed by atoms with Gasteiger partial charge in [-0.1, -0.05) is 0 Å². The molecule has 9 nitrogen and oxygen atoms in total. The standard InChI is InChI=1S/C14H17N3O6S/c1-16(24(3,21)22)7-8-17-9-5-4-6-15-11(9)12(18)10(13(17)19)14(20)23-2/h4-6,18H,7-8H2,1-3H3. The number of pyridine rings is 2. The number of nitrogens with zero attached hydrogens (tertiary/aromatic N) is 3. The Balaban J connectivity index is 2.64. The Hall–Kier alpha value is -2.46. The first-order valence-corrected chi connectivity index (χ1v) is 8.73. The Labute approximate surface area is 138 Å². The quantitative estimate of drug-likeness (QED) is 0.737. The number of carbonyl (C=O) groups excluding carboxylic acids is 1. The minimum Gasteiger partial charge on any atom is -0.505 e. The fourth-order valence-electron chi connectivity index (χ4n) is 2.18. The second-order valence-corrected chi connectivity index (χ2v) is 7.22. The van der Waals surface area contributed by atoms with Crippen molar-refractivity contribution < 1.29 is 23.1 Å². The maximum absolute atomic E-state index is 12.6. The number of aromatic hydroxyl groups is 1. The molecule has 0 aromatic carbocycles. The van der Waals surface area contributed by atoms with Gasteiger partial charge in [0.2, 0.25) is 10.0 Å². The van der Waals surface area contributed by atoms with Gasteiger partial charge in [0.25, 0.3) is 5.56 Å². The molecular weight excluding hydrogens is 338 g/mol. The van der Waals surface area contributed by atoms with E-state index in [0.29, 0.717) is 0 Å². The summed E-state index contributed by atoms with van der Waals surface area (Å²) in [6, 6.07) is 3.11. The number of likely N-dealkylation sites (N-methyl/N-ethyl adjacent to an activating group) is 1. The van der Waals surface area contributed by atoms with Crippen LogP contribution >= 0.6 is 0 Å². The van der Waals surface area contributed by atoms with Crippen LogP contribution in [0.25, 0.3) is 11.0 Å². The maximum Gasteiger partial charge on any atom is 0.347 e. The summed E-state index contributed by atoms with van der Waals surface area (Å²) in [5, 5.41) is 10.2. The highest BCUT2D eigenvalue weighted by atomic mass is 32.2. The van der Waals surface area contributed by atoms with Crippen LogP contribution in [0.5, 0.6) is 5.75 Å². The summed E-state index contributed by atoms with van der Waals surface area (Å²) < 4.78 is 29.8. The summed E-state index contributed by atoms with van der Waals surface area (Å²) in [5.41, 5.74) is -0.971. The summed E-state index contributed by atoms with van der Waals surface area (Å²) >= 11 is 0. The van der Waals surface area contributed by atoms with Crippen molar-refractivity contribution in [2.24, 2.45) is 0 Å². The molecule has 2 rings (SSSR count). The van der Waals surface area contributed by atoms with E-state index >= 15 is 0 Å². The van der Waals surface area contributed by atoms with E-state index in [4.69, 9.17) is 0 Å². The van der Waals surface area contributed by atoms with Gasteiger partial charge in [-0.3, -0.25) is 9.78 Å². The summed E-state index contributed by atoms with van der Waals surface area (Å²) in [6.45, 7) is -0.0109. The van der Waals surface area contributed by atoms with E-state index in [0.717, 1.165) is 17.7 Å². The maximum atomic E-state index is 12.6. The highest BCUT2D eigenvalue weighted by Gasteiger charge is 2.24. The van der Waals surface area contributed by atoms with Crippen LogP contribution < -0.4 is 5.56 Å². The molecule has 24 heavy (non-hydrogen) atoms. The normalized spacial score (nSPS) is 11.8. The van der Waals surface area contributed by atoms with Crippen LogP contribution in [0.3, 0.4) is 0 Å². The predicted octanol–water partition coefficient (Wildman–Crippen LogP) is -0.220. The van der Waals surface area contributed by atoms with Crippen molar-refractivity contribution in [1.29, 1.82) is 0 Å². The lowest BCUT2D eigenvalue weighted by Gasteiger charge is -2.17. The molecule has 0 spiro atoms. The summed E-state index contributed by atoms with van der Waals surface area (Å²) in [4.78, 5) is 28.4. The predicted molar refractivity (Wildman–Crippen MR) is 86.5 cm³/mol. The first-order chi connectivity index (χ1) is 11.2. The van der Waals surface area contributed by atoms with Crippen LogP contribution in [0.15, 0.2) is 23.1 Å². The van der Waals surface area contributed by atoms with Crippen LogP contribution in [-0.2, 0) is 21.3 Å². The molecule has 2 aromatic heterocycles. The molecule has 0 unspecified atom stereocenters. The third-order valence-corrected chi connectivity index (χ3v) is 4.91. The van der Waals surface area contributed by atoms with Crippen molar-refractivity contribution in [3.63, 3.8) is 0 Å². The highest BCUT2D eigenvalue weighted by molar-refractivity contribution is 7.88. The SMILES string of the molecule is COC(=O)c1c(O)c2ncccc2n(CCN(C)S(C)(=O)=O)c1=O. The average molecular weight is 355 g/mol. The number of ether oxygens (including phenoxy) is 1. The number of fused-ring (bicyclic) bond motifs is 1. The van der Waals surface area contributed by atoms with Gasteiger partial charge in [0.15, 0.2) is 11.3 Å². The molecule has 0 radical (unpaired) electrons. The van der Waals surface area contributed by atoms with Crippen LogP contribution in [-0.4, -0.2) is 60.3 Å². The number of carbonyl (C=O) groups is 1. The van der Waals surface area contributed by atoms with Gasteiger partial charge < -0.3 is 14.4 Å². The van der Waals surface area contributed by atoms with Gasteiger partial charge in [-0.05, 0) is 12.1 Å². The van der Waals surface area contributed by atoms with Gasteiger partial charge in [0, 0.05) is 26.3 Å². The molecule has 0 saturated carbocycles. The van der Waals surface area contributed by atoms with E-state index in [2.05, 4.69) is 9.72 Å². The first-order valence-electron chi connectivity index (χ1n) is 6.88. The van der Waals surface area contributed by atoms with E-state index in [9.17, 15) is 23.1 Å². The third-order valence-electron chi connectivity index (χ3n) is 3.59. The fraction of sp³-hybridized carbons (Fsp3) is 0.357. The minimum absolute atomic E-state index is 0.00806. The van der Waals surface area contributed by atoms with Crippen LogP contribution in [0.4, 0.5) is 0 Å². The number of hydrogen-bond acceptors (Lipinski definition) is 7. The van der Waals surface area contributed by atoms with E-state index in [1.807, 2.05) is 0 Å². The molecule has 2 heterocycles. The van der Waals surface area contributed by atoms with Gasteiger partial charge in [-0.25, -0.2) is 17.5 Å². The Morgan fingerprint density at radius 3 is 2.71 bits per heavy atom. The smallest absolute Gasteiger partial charge is 0.347 e. The molecule has 0 aliphatic rings. The number of methoxy groups -OCH3 is 1. The van der Waals surface area contributed by atoms with Crippen LogP contribution in [0, 0.1) is 0 Å². The zero-order chi connectivity index (χ0) is 18.1. The Kier molecular flexibility index (Phi) is 4.90. The molecule has 0 amide bonds. The van der Waals surface area contributed by atoms with E-state index < -0.39 is 32.9 Å². The Morgan fingerprint density at radius 1 is 1.46 bits per heavy atom. The van der Waals surface area contributed by atoms with Gasteiger partial charge in [0.1, 0.15) is 5.52 Å². The molecule has 2 aromatic rings. The molecule has 0 saturated heterocycles. The summed E-state index contributed by atoms with van der Waals surface area (Å²) in [6.07, 6.45) is 2.45. The van der Waals surface area contributed by atoms with E-state index in [1.54, 1.807) is 12.1 Å². The molecular formula is C14H17N3O6S. The molecule has 0 aliphatic carbocycles. The lowest BCUT2D eigenvalue weighted by atomic mass is 10.2. The van der Waals surface area contributed by atoms with E-state index in [-0.39, 0.29) is 24.1 Å². The zero-order valence-electron chi connectivity index (χ0n) is 13.4. The van der Waals surface area contributed by atoms with Gasteiger partial charge >= 0.3 is 5.97 Å². The summed E-state index contributed by atoms with van der Waals surface area (Å²) in [5.74, 6) is -1.55.